The van der Waals surface area contributed by atoms with Gasteiger partial charge in [0, 0.05) is 12.0 Å². The number of nitrogens with one attached hydrogen (secondary N) is 1. The number of aromatic nitrogens is 1. The molecule has 2 heterocycles. The zero-order chi connectivity index (χ0) is 18.9. The number of carbonyl (C=O) groups excluding carboxylic acids is 3. The lowest BCUT2D eigenvalue weighted by atomic mass is 9.69. The van der Waals surface area contributed by atoms with Crippen LogP contribution in [0.4, 0.5) is 0 Å². The molecule has 0 bridgehead atoms. The van der Waals surface area contributed by atoms with E-state index in [-0.39, 0.29) is 42.5 Å². The SMILES string of the molecule is CC(C)(C)C1(CCC(=O)c2cnc(-c3ccccc3)o2)NC(=O)CC1=O. The highest BCUT2D eigenvalue weighted by atomic mass is 16.4. The molecule has 2 aromatic rings. The van der Waals surface area contributed by atoms with Gasteiger partial charge in [-0.2, -0.15) is 0 Å². The van der Waals surface area contributed by atoms with Gasteiger partial charge in [-0.3, -0.25) is 14.4 Å². The van der Waals surface area contributed by atoms with Gasteiger partial charge in [0.05, 0.1) is 12.6 Å². The predicted molar refractivity (Wildman–Crippen MR) is 95.5 cm³/mol. The second-order valence-corrected chi connectivity index (χ2v) is 7.62. The van der Waals surface area contributed by atoms with Crippen LogP contribution in [0.1, 0.15) is 50.6 Å². The van der Waals surface area contributed by atoms with E-state index in [0.717, 1.165) is 5.56 Å². The Labute approximate surface area is 152 Å². The van der Waals surface area contributed by atoms with Crippen molar-refractivity contribution in [1.29, 1.82) is 0 Å². The Hall–Kier alpha value is -2.76. The maximum absolute atomic E-state index is 12.5. The molecule has 1 aromatic heterocycles. The van der Waals surface area contributed by atoms with E-state index in [1.54, 1.807) is 0 Å². The molecule has 1 aliphatic rings. The molecule has 136 valence electrons. The molecule has 26 heavy (non-hydrogen) atoms. The fourth-order valence-corrected chi connectivity index (χ4v) is 3.37. The number of oxazole rings is 1. The van der Waals surface area contributed by atoms with Gasteiger partial charge in [0.15, 0.2) is 17.3 Å². The zero-order valence-electron chi connectivity index (χ0n) is 15.2. The van der Waals surface area contributed by atoms with Gasteiger partial charge < -0.3 is 9.73 Å². The Morgan fingerprint density at radius 3 is 2.50 bits per heavy atom. The monoisotopic (exact) mass is 354 g/mol. The Morgan fingerprint density at radius 2 is 1.92 bits per heavy atom. The molecule has 6 nitrogen and oxygen atoms in total. The number of nitrogens with zero attached hydrogens (tertiary/aromatic N) is 1. The van der Waals surface area contributed by atoms with Crippen LogP contribution >= 0.6 is 0 Å². The second-order valence-electron chi connectivity index (χ2n) is 7.62. The van der Waals surface area contributed by atoms with E-state index in [1.165, 1.54) is 6.20 Å². The Balaban J connectivity index is 1.75. The van der Waals surface area contributed by atoms with E-state index in [9.17, 15) is 14.4 Å². The maximum atomic E-state index is 12.5. The van der Waals surface area contributed by atoms with E-state index >= 15 is 0 Å². The normalized spacial score (nSPS) is 20.3. The lowest BCUT2D eigenvalue weighted by Crippen LogP contribution is -2.56. The molecule has 6 heteroatoms. The van der Waals surface area contributed by atoms with Gasteiger partial charge in [0.1, 0.15) is 5.54 Å². The number of rotatable bonds is 5. The highest BCUT2D eigenvalue weighted by molar-refractivity contribution is 6.11. The quantitative estimate of drug-likeness (QED) is 0.658. The third-order valence-electron chi connectivity index (χ3n) is 4.96. The van der Waals surface area contributed by atoms with E-state index in [2.05, 4.69) is 10.3 Å². The van der Waals surface area contributed by atoms with Crippen LogP contribution in [0.5, 0.6) is 0 Å². The molecule has 0 radical (unpaired) electrons. The van der Waals surface area contributed by atoms with Crippen molar-refractivity contribution in [1.82, 2.24) is 10.3 Å². The first-order chi connectivity index (χ1) is 12.2. The van der Waals surface area contributed by atoms with Crippen molar-refractivity contribution in [2.24, 2.45) is 5.41 Å². The smallest absolute Gasteiger partial charge is 0.228 e. The summed E-state index contributed by atoms with van der Waals surface area (Å²) in [5.74, 6) is -0.152. The number of amides is 1. The predicted octanol–water partition coefficient (Wildman–Crippen LogP) is 3.18. The zero-order valence-corrected chi connectivity index (χ0v) is 15.2. The van der Waals surface area contributed by atoms with Gasteiger partial charge in [0.25, 0.3) is 0 Å². The van der Waals surface area contributed by atoms with Gasteiger partial charge in [-0.25, -0.2) is 4.98 Å². The van der Waals surface area contributed by atoms with Crippen LogP contribution in [-0.2, 0) is 9.59 Å². The van der Waals surface area contributed by atoms with Crippen molar-refractivity contribution in [3.8, 4) is 11.5 Å². The van der Waals surface area contributed by atoms with Crippen LogP contribution in [0.25, 0.3) is 11.5 Å². The second kappa shape index (κ2) is 6.52. The summed E-state index contributed by atoms with van der Waals surface area (Å²) in [5, 5.41) is 2.81. The number of hydrogen-bond acceptors (Lipinski definition) is 5. The van der Waals surface area contributed by atoms with Crippen LogP contribution in [0.15, 0.2) is 40.9 Å². The summed E-state index contributed by atoms with van der Waals surface area (Å²) in [4.78, 5) is 40.9. The van der Waals surface area contributed by atoms with Crippen molar-refractivity contribution in [3.05, 3.63) is 42.3 Å². The lowest BCUT2D eigenvalue weighted by molar-refractivity contribution is -0.126. The Morgan fingerprint density at radius 1 is 1.23 bits per heavy atom. The molecule has 0 spiro atoms. The molecule has 1 unspecified atom stereocenters. The average molecular weight is 354 g/mol. The highest BCUT2D eigenvalue weighted by Gasteiger charge is 2.53. The molecule has 1 aliphatic heterocycles. The first-order valence-corrected chi connectivity index (χ1v) is 8.62. The summed E-state index contributed by atoms with van der Waals surface area (Å²) in [6.45, 7) is 5.68. The van der Waals surface area contributed by atoms with Crippen LogP contribution in [0.3, 0.4) is 0 Å². The van der Waals surface area contributed by atoms with E-state index in [0.29, 0.717) is 5.89 Å². The molecule has 1 N–H and O–H groups in total. The first kappa shape index (κ1) is 18.0. The summed E-state index contributed by atoms with van der Waals surface area (Å²) in [6, 6.07) is 9.31. The molecular weight excluding hydrogens is 332 g/mol. The van der Waals surface area contributed by atoms with E-state index in [4.69, 9.17) is 4.42 Å². The molecule has 1 amide bonds. The summed E-state index contributed by atoms with van der Waals surface area (Å²) < 4.78 is 5.58. The van der Waals surface area contributed by atoms with Gasteiger partial charge in [-0.1, -0.05) is 39.0 Å². The van der Waals surface area contributed by atoms with E-state index in [1.807, 2.05) is 51.1 Å². The van der Waals surface area contributed by atoms with E-state index < -0.39 is 11.0 Å². The molecular formula is C20H22N2O4. The molecule has 1 aromatic carbocycles. The average Bonchev–Trinajstić information content (AvgIpc) is 3.18. The maximum Gasteiger partial charge on any atom is 0.228 e. The summed E-state index contributed by atoms with van der Waals surface area (Å²) >= 11 is 0. The number of carbonyl (C=O) groups is 3. The van der Waals surface area contributed by atoms with Crippen LogP contribution in [-0.4, -0.2) is 28.0 Å². The third-order valence-corrected chi connectivity index (χ3v) is 4.96. The lowest BCUT2D eigenvalue weighted by Gasteiger charge is -2.40. The van der Waals surface area contributed by atoms with Crippen molar-refractivity contribution in [2.45, 2.75) is 45.6 Å². The molecule has 1 saturated heterocycles. The van der Waals surface area contributed by atoms with Crippen LogP contribution < -0.4 is 5.32 Å². The van der Waals surface area contributed by atoms with Gasteiger partial charge in [-0.15, -0.1) is 0 Å². The number of hydrogen-bond donors (Lipinski definition) is 1. The van der Waals surface area contributed by atoms with Crippen LogP contribution in [0, 0.1) is 5.41 Å². The summed E-state index contributed by atoms with van der Waals surface area (Å²) in [6.07, 6.45) is 1.60. The molecule has 3 rings (SSSR count). The molecule has 0 saturated carbocycles. The fraction of sp³-hybridized carbons (Fsp3) is 0.400. The van der Waals surface area contributed by atoms with Crippen molar-refractivity contribution in [3.63, 3.8) is 0 Å². The minimum atomic E-state index is -1.03. The number of ketones is 2. The Bertz CT molecular complexity index is 848. The molecule has 0 aliphatic carbocycles. The number of benzene rings is 1. The van der Waals surface area contributed by atoms with Crippen molar-refractivity contribution >= 4 is 17.5 Å². The summed E-state index contributed by atoms with van der Waals surface area (Å²) in [5.41, 5.74) is -0.731. The standard InChI is InChI=1S/C20H22N2O4/c1-19(2,3)20(16(24)11-17(25)22-20)10-9-14(23)15-12-21-18(26-15)13-7-5-4-6-8-13/h4-8,12H,9-11H2,1-3H3,(H,22,25). The van der Waals surface area contributed by atoms with Crippen LogP contribution in [0.2, 0.25) is 0 Å². The highest BCUT2D eigenvalue weighted by Crippen LogP contribution is 2.39. The van der Waals surface area contributed by atoms with Gasteiger partial charge in [-0.05, 0) is 24.0 Å². The largest absolute Gasteiger partial charge is 0.433 e. The van der Waals surface area contributed by atoms with Gasteiger partial charge >= 0.3 is 0 Å². The minimum Gasteiger partial charge on any atom is -0.433 e. The first-order valence-electron chi connectivity index (χ1n) is 8.62. The minimum absolute atomic E-state index is 0.0900. The Kier molecular flexibility index (Phi) is 4.52. The fourth-order valence-electron chi connectivity index (χ4n) is 3.37. The van der Waals surface area contributed by atoms with Crippen molar-refractivity contribution < 1.29 is 18.8 Å². The molecule has 1 atom stereocenters. The molecule has 1 fully saturated rings. The topological polar surface area (TPSA) is 89.3 Å². The number of Topliss-reactive ketones (excluding diaryl/α,β-unsaturated/α-hetero) is 2. The van der Waals surface area contributed by atoms with Crippen molar-refractivity contribution in [2.75, 3.05) is 0 Å². The van der Waals surface area contributed by atoms with Gasteiger partial charge in [0.2, 0.25) is 11.8 Å². The third kappa shape index (κ3) is 3.19. The summed E-state index contributed by atoms with van der Waals surface area (Å²) in [7, 11) is 0.